The van der Waals surface area contributed by atoms with E-state index < -0.39 is 5.41 Å². The molecule has 0 bridgehead atoms. The van der Waals surface area contributed by atoms with E-state index in [0.717, 1.165) is 0 Å². The lowest BCUT2D eigenvalue weighted by atomic mass is 9.93. The van der Waals surface area contributed by atoms with Gasteiger partial charge >= 0.3 is 5.97 Å². The molecule has 0 fully saturated rings. The summed E-state index contributed by atoms with van der Waals surface area (Å²) in [5.41, 5.74) is 4.45. The number of ether oxygens (including phenoxy) is 1. The predicted molar refractivity (Wildman–Crippen MR) is 57.1 cm³/mol. The third-order valence-corrected chi connectivity index (χ3v) is 2.14. The van der Waals surface area contributed by atoms with Crippen LogP contribution in [0.3, 0.4) is 0 Å². The number of primary amides is 1. The molecule has 0 heterocycles. The van der Waals surface area contributed by atoms with Gasteiger partial charge in [0.15, 0.2) is 0 Å². The molecule has 1 atom stereocenters. The summed E-state index contributed by atoms with van der Waals surface area (Å²) in [6.45, 7) is 5.86. The van der Waals surface area contributed by atoms with Gasteiger partial charge in [0.2, 0.25) is 5.91 Å². The lowest BCUT2D eigenvalue weighted by Crippen LogP contribution is -2.41. The molecule has 0 aliphatic rings. The average molecular weight is 216 g/mol. The van der Waals surface area contributed by atoms with E-state index in [1.807, 2.05) is 6.92 Å². The summed E-state index contributed by atoms with van der Waals surface area (Å²) in [5, 5.41) is 3.07. The number of rotatable bonds is 6. The molecule has 88 valence electrons. The third-order valence-electron chi connectivity index (χ3n) is 2.14. The molecular formula is C10H20N2O3. The van der Waals surface area contributed by atoms with E-state index in [0.29, 0.717) is 6.54 Å². The first kappa shape index (κ1) is 13.9. The van der Waals surface area contributed by atoms with Gasteiger partial charge in [0.05, 0.1) is 12.5 Å². The van der Waals surface area contributed by atoms with E-state index in [1.165, 1.54) is 7.11 Å². The highest BCUT2D eigenvalue weighted by atomic mass is 16.5. The Bertz CT molecular complexity index is 239. The number of hydrogen-bond acceptors (Lipinski definition) is 4. The minimum absolute atomic E-state index is 0.0357. The molecule has 0 aliphatic heterocycles. The second-order valence-corrected chi connectivity index (χ2v) is 4.33. The van der Waals surface area contributed by atoms with Crippen LogP contribution in [0.5, 0.6) is 0 Å². The van der Waals surface area contributed by atoms with E-state index in [4.69, 9.17) is 5.73 Å². The van der Waals surface area contributed by atoms with E-state index in [9.17, 15) is 9.59 Å². The molecule has 3 N–H and O–H groups in total. The predicted octanol–water partition coefficient (Wildman–Crippen LogP) is 0.0391. The van der Waals surface area contributed by atoms with Crippen LogP contribution >= 0.6 is 0 Å². The fraction of sp³-hybridized carbons (Fsp3) is 0.800. The monoisotopic (exact) mass is 216 g/mol. The fourth-order valence-electron chi connectivity index (χ4n) is 1.15. The highest BCUT2D eigenvalue weighted by Gasteiger charge is 2.28. The summed E-state index contributed by atoms with van der Waals surface area (Å²) in [7, 11) is 1.36. The molecule has 5 heteroatoms. The normalized spacial score (nSPS) is 13.3. The van der Waals surface area contributed by atoms with Gasteiger partial charge in [0, 0.05) is 19.0 Å². The van der Waals surface area contributed by atoms with Crippen molar-refractivity contribution in [3.63, 3.8) is 0 Å². The number of nitrogens with two attached hydrogens (primary N) is 1. The smallest absolute Gasteiger partial charge is 0.312 e. The first-order valence-corrected chi connectivity index (χ1v) is 4.89. The van der Waals surface area contributed by atoms with Crippen LogP contribution in [0.1, 0.15) is 27.2 Å². The molecule has 1 amide bonds. The molecule has 0 aromatic heterocycles. The Balaban J connectivity index is 4.03. The molecule has 0 aromatic rings. The SMILES string of the molecule is COC(=O)C(C)(C)CNC(C)CC(N)=O. The van der Waals surface area contributed by atoms with Crippen molar-refractivity contribution in [1.29, 1.82) is 0 Å². The Labute approximate surface area is 90.4 Å². The van der Waals surface area contributed by atoms with Crippen LogP contribution in [0.25, 0.3) is 0 Å². The molecule has 0 saturated carbocycles. The Kier molecular flexibility index (Phi) is 5.28. The fourth-order valence-corrected chi connectivity index (χ4v) is 1.15. The zero-order valence-electron chi connectivity index (χ0n) is 9.79. The number of carbonyl (C=O) groups excluding carboxylic acids is 2. The molecule has 0 radical (unpaired) electrons. The summed E-state index contributed by atoms with van der Waals surface area (Å²) < 4.78 is 4.66. The minimum Gasteiger partial charge on any atom is -0.469 e. The molecule has 0 aromatic carbocycles. The molecule has 0 spiro atoms. The molecule has 15 heavy (non-hydrogen) atoms. The van der Waals surface area contributed by atoms with Gasteiger partial charge in [-0.1, -0.05) is 0 Å². The van der Waals surface area contributed by atoms with Crippen molar-refractivity contribution in [2.24, 2.45) is 11.1 Å². The molecule has 0 aliphatic carbocycles. The molecule has 0 saturated heterocycles. The Morgan fingerprint density at radius 1 is 1.47 bits per heavy atom. The number of methoxy groups -OCH3 is 1. The van der Waals surface area contributed by atoms with E-state index in [-0.39, 0.29) is 24.3 Å². The minimum atomic E-state index is -0.597. The van der Waals surface area contributed by atoms with Gasteiger partial charge in [0.1, 0.15) is 0 Å². The number of carbonyl (C=O) groups is 2. The lowest BCUT2D eigenvalue weighted by molar-refractivity contribution is -0.150. The van der Waals surface area contributed by atoms with Gasteiger partial charge in [-0.05, 0) is 20.8 Å². The summed E-state index contributed by atoms with van der Waals surface area (Å²) in [5.74, 6) is -0.632. The van der Waals surface area contributed by atoms with Crippen molar-refractivity contribution < 1.29 is 14.3 Å². The second-order valence-electron chi connectivity index (χ2n) is 4.33. The number of hydrogen-bond donors (Lipinski definition) is 2. The summed E-state index contributed by atoms with van der Waals surface area (Å²) >= 11 is 0. The molecule has 5 nitrogen and oxygen atoms in total. The quantitative estimate of drug-likeness (QED) is 0.614. The third kappa shape index (κ3) is 5.37. The van der Waals surface area contributed by atoms with Gasteiger partial charge in [-0.15, -0.1) is 0 Å². The van der Waals surface area contributed by atoms with Crippen LogP contribution in [-0.4, -0.2) is 31.6 Å². The van der Waals surface area contributed by atoms with Gasteiger partial charge in [-0.2, -0.15) is 0 Å². The van der Waals surface area contributed by atoms with Crippen LogP contribution in [0.15, 0.2) is 0 Å². The summed E-state index contributed by atoms with van der Waals surface area (Å²) in [4.78, 5) is 21.9. The van der Waals surface area contributed by atoms with Crippen LogP contribution < -0.4 is 11.1 Å². The summed E-state index contributed by atoms with van der Waals surface area (Å²) in [6.07, 6.45) is 0.261. The largest absolute Gasteiger partial charge is 0.469 e. The van der Waals surface area contributed by atoms with Gasteiger partial charge < -0.3 is 15.8 Å². The van der Waals surface area contributed by atoms with Crippen LogP contribution in [0.4, 0.5) is 0 Å². The van der Waals surface area contributed by atoms with E-state index in [1.54, 1.807) is 13.8 Å². The first-order chi connectivity index (χ1) is 6.79. The number of nitrogens with one attached hydrogen (secondary N) is 1. The van der Waals surface area contributed by atoms with Crippen LogP contribution in [0, 0.1) is 5.41 Å². The highest BCUT2D eigenvalue weighted by molar-refractivity contribution is 5.76. The van der Waals surface area contributed by atoms with Gasteiger partial charge in [-0.3, -0.25) is 9.59 Å². The number of esters is 1. The maximum absolute atomic E-state index is 11.3. The second kappa shape index (κ2) is 5.70. The summed E-state index contributed by atoms with van der Waals surface area (Å²) in [6, 6.07) is -0.0357. The van der Waals surface area contributed by atoms with Crippen molar-refractivity contribution in [2.45, 2.75) is 33.2 Å². The van der Waals surface area contributed by atoms with Gasteiger partial charge in [-0.25, -0.2) is 0 Å². The topological polar surface area (TPSA) is 81.4 Å². The van der Waals surface area contributed by atoms with Crippen molar-refractivity contribution in [2.75, 3.05) is 13.7 Å². The molecule has 0 rings (SSSR count). The zero-order valence-corrected chi connectivity index (χ0v) is 9.79. The Morgan fingerprint density at radius 3 is 2.40 bits per heavy atom. The van der Waals surface area contributed by atoms with Crippen molar-refractivity contribution in [3.8, 4) is 0 Å². The Hall–Kier alpha value is -1.10. The zero-order chi connectivity index (χ0) is 12.1. The average Bonchev–Trinajstić information content (AvgIpc) is 2.12. The van der Waals surface area contributed by atoms with Crippen molar-refractivity contribution >= 4 is 11.9 Å². The molecule has 1 unspecified atom stereocenters. The first-order valence-electron chi connectivity index (χ1n) is 4.89. The lowest BCUT2D eigenvalue weighted by Gasteiger charge is -2.24. The maximum atomic E-state index is 11.3. The highest BCUT2D eigenvalue weighted by Crippen LogP contribution is 2.15. The van der Waals surface area contributed by atoms with Crippen LogP contribution in [-0.2, 0) is 14.3 Å². The molecular weight excluding hydrogens is 196 g/mol. The maximum Gasteiger partial charge on any atom is 0.312 e. The van der Waals surface area contributed by atoms with E-state index >= 15 is 0 Å². The standard InChI is InChI=1S/C10H20N2O3/c1-7(5-8(11)13)12-6-10(2,3)9(14)15-4/h7,12H,5-6H2,1-4H3,(H2,11,13). The van der Waals surface area contributed by atoms with Crippen LogP contribution in [0.2, 0.25) is 0 Å². The number of amides is 1. The van der Waals surface area contributed by atoms with Crippen molar-refractivity contribution in [1.82, 2.24) is 5.32 Å². The van der Waals surface area contributed by atoms with Gasteiger partial charge in [0.25, 0.3) is 0 Å². The Morgan fingerprint density at radius 2 is 2.00 bits per heavy atom. The van der Waals surface area contributed by atoms with E-state index in [2.05, 4.69) is 10.1 Å². The van der Waals surface area contributed by atoms with Crippen molar-refractivity contribution in [3.05, 3.63) is 0 Å².